The lowest BCUT2D eigenvalue weighted by molar-refractivity contribution is 0.00578. The van der Waals surface area contributed by atoms with Crippen molar-refractivity contribution in [1.29, 1.82) is 0 Å². The molecule has 0 bridgehead atoms. The van der Waals surface area contributed by atoms with Crippen molar-refractivity contribution in [2.45, 2.75) is 38.9 Å². The average Bonchev–Trinajstić information content (AvgIpc) is 2.59. The van der Waals surface area contributed by atoms with E-state index >= 15 is 0 Å². The molecule has 0 aliphatic carbocycles. The van der Waals surface area contributed by atoms with Gasteiger partial charge in [-0.15, -0.1) is 0 Å². The fourth-order valence-corrected chi connectivity index (χ4v) is 2.26. The summed E-state index contributed by atoms with van der Waals surface area (Å²) in [4.78, 5) is 0. The van der Waals surface area contributed by atoms with Gasteiger partial charge in [-0.05, 0) is 50.9 Å². The molecule has 1 aromatic carbocycles. The summed E-state index contributed by atoms with van der Waals surface area (Å²) in [5.41, 5.74) is 0.644. The van der Waals surface area contributed by atoms with Gasteiger partial charge in [0.15, 0.2) is 11.6 Å². The Bertz CT molecular complexity index is 556. The number of phenols is 1. The fraction of sp³-hybridized carbons (Fsp3) is 0.467. The van der Waals surface area contributed by atoms with E-state index in [1.807, 2.05) is 27.7 Å². The van der Waals surface area contributed by atoms with Crippen LogP contribution in [0.1, 0.15) is 33.3 Å². The van der Waals surface area contributed by atoms with Crippen molar-refractivity contribution in [2.24, 2.45) is 0 Å². The molecule has 0 amide bonds. The van der Waals surface area contributed by atoms with Crippen LogP contribution in [0.3, 0.4) is 0 Å². The minimum atomic E-state index is -0.643. The molecule has 1 aromatic rings. The van der Waals surface area contributed by atoms with Crippen LogP contribution in [-0.4, -0.2) is 29.2 Å². The van der Waals surface area contributed by atoms with E-state index in [-0.39, 0.29) is 5.75 Å². The SMILES string of the molecule is CC1(C)OB(C(=Cc2ccc(F)c(O)c2)CS)OC1(C)C. The quantitative estimate of drug-likeness (QED) is 0.663. The first-order valence-corrected chi connectivity index (χ1v) is 7.45. The van der Waals surface area contributed by atoms with Crippen LogP contribution in [0.2, 0.25) is 0 Å². The number of thiol groups is 1. The molecule has 0 saturated carbocycles. The second-order valence-corrected chi connectivity index (χ2v) is 6.49. The summed E-state index contributed by atoms with van der Waals surface area (Å²) in [6.07, 6.45) is 1.80. The second-order valence-electron chi connectivity index (χ2n) is 6.18. The van der Waals surface area contributed by atoms with E-state index < -0.39 is 24.1 Å². The van der Waals surface area contributed by atoms with Gasteiger partial charge in [0.25, 0.3) is 0 Å². The van der Waals surface area contributed by atoms with Gasteiger partial charge < -0.3 is 14.4 Å². The maximum Gasteiger partial charge on any atom is 0.491 e. The Morgan fingerprint density at radius 1 is 1.29 bits per heavy atom. The van der Waals surface area contributed by atoms with E-state index in [0.29, 0.717) is 11.3 Å². The lowest BCUT2D eigenvalue weighted by atomic mass is 9.78. The Morgan fingerprint density at radius 3 is 2.33 bits per heavy atom. The van der Waals surface area contributed by atoms with E-state index in [1.54, 1.807) is 12.1 Å². The number of benzene rings is 1. The summed E-state index contributed by atoms with van der Waals surface area (Å²) < 4.78 is 25.0. The predicted molar refractivity (Wildman–Crippen MR) is 86.0 cm³/mol. The van der Waals surface area contributed by atoms with Crippen molar-refractivity contribution in [2.75, 3.05) is 5.75 Å². The molecule has 1 heterocycles. The molecular weight excluding hydrogens is 290 g/mol. The van der Waals surface area contributed by atoms with E-state index in [9.17, 15) is 9.50 Å². The first kappa shape index (κ1) is 16.4. The number of rotatable bonds is 3. The first-order chi connectivity index (χ1) is 9.66. The van der Waals surface area contributed by atoms with Crippen molar-refractivity contribution < 1.29 is 18.8 Å². The molecule has 0 radical (unpaired) electrons. The molecule has 1 fully saturated rings. The highest BCUT2D eigenvalue weighted by atomic mass is 32.1. The molecule has 21 heavy (non-hydrogen) atoms. The highest BCUT2D eigenvalue weighted by Crippen LogP contribution is 2.39. The molecular formula is C15H20BFO3S. The van der Waals surface area contributed by atoms with E-state index in [4.69, 9.17) is 9.31 Å². The van der Waals surface area contributed by atoms with Crippen LogP contribution in [-0.2, 0) is 9.31 Å². The predicted octanol–water partition coefficient (Wildman–Crippen LogP) is 3.48. The van der Waals surface area contributed by atoms with Crippen molar-refractivity contribution >= 4 is 25.8 Å². The lowest BCUT2D eigenvalue weighted by Gasteiger charge is -2.32. The van der Waals surface area contributed by atoms with E-state index in [1.165, 1.54) is 12.1 Å². The van der Waals surface area contributed by atoms with Crippen molar-refractivity contribution in [3.05, 3.63) is 35.1 Å². The van der Waals surface area contributed by atoms with Gasteiger partial charge in [-0.3, -0.25) is 0 Å². The minimum Gasteiger partial charge on any atom is -0.505 e. The van der Waals surface area contributed by atoms with Gasteiger partial charge in [-0.2, -0.15) is 12.6 Å². The highest BCUT2D eigenvalue weighted by molar-refractivity contribution is 7.80. The Hall–Kier alpha value is -0.975. The summed E-state index contributed by atoms with van der Waals surface area (Å²) in [5.74, 6) is -0.582. The summed E-state index contributed by atoms with van der Waals surface area (Å²) in [6.45, 7) is 7.92. The van der Waals surface area contributed by atoms with Crippen LogP contribution >= 0.6 is 12.6 Å². The van der Waals surface area contributed by atoms with Crippen molar-refractivity contribution in [3.8, 4) is 5.75 Å². The van der Waals surface area contributed by atoms with Gasteiger partial charge in [0.2, 0.25) is 0 Å². The first-order valence-electron chi connectivity index (χ1n) is 6.82. The molecule has 6 heteroatoms. The van der Waals surface area contributed by atoms with Gasteiger partial charge in [0.1, 0.15) is 0 Å². The van der Waals surface area contributed by atoms with Crippen LogP contribution in [0.5, 0.6) is 5.75 Å². The molecule has 1 saturated heterocycles. The Labute approximate surface area is 130 Å². The maximum atomic E-state index is 13.1. The summed E-state index contributed by atoms with van der Waals surface area (Å²) in [5, 5.41) is 9.43. The second kappa shape index (κ2) is 5.67. The van der Waals surface area contributed by atoms with Crippen LogP contribution in [0.15, 0.2) is 23.7 Å². The maximum absolute atomic E-state index is 13.1. The largest absolute Gasteiger partial charge is 0.505 e. The molecule has 0 atom stereocenters. The monoisotopic (exact) mass is 310 g/mol. The number of halogens is 1. The molecule has 2 rings (SSSR count). The topological polar surface area (TPSA) is 38.7 Å². The van der Waals surface area contributed by atoms with Crippen LogP contribution in [0, 0.1) is 5.82 Å². The Kier molecular flexibility index (Phi) is 4.43. The van der Waals surface area contributed by atoms with Crippen LogP contribution < -0.4 is 0 Å². The zero-order chi connectivity index (χ0) is 15.8. The number of phenolic OH excluding ortho intramolecular Hbond substituents is 1. The number of hydrogen-bond donors (Lipinski definition) is 2. The standard InChI is InChI=1S/C15H20BFO3S/c1-14(2)15(3,4)20-16(19-14)11(9-21)7-10-5-6-12(17)13(18)8-10/h5-8,18,21H,9H2,1-4H3. The van der Waals surface area contributed by atoms with Gasteiger partial charge in [0, 0.05) is 5.75 Å². The smallest absolute Gasteiger partial charge is 0.491 e. The Morgan fingerprint density at radius 2 is 1.86 bits per heavy atom. The average molecular weight is 310 g/mol. The normalized spacial score (nSPS) is 20.9. The van der Waals surface area contributed by atoms with Gasteiger partial charge in [0.05, 0.1) is 11.2 Å². The van der Waals surface area contributed by atoms with Crippen LogP contribution in [0.4, 0.5) is 4.39 Å². The molecule has 0 aromatic heterocycles. The molecule has 114 valence electrons. The minimum absolute atomic E-state index is 0.379. The van der Waals surface area contributed by atoms with Crippen molar-refractivity contribution in [1.82, 2.24) is 0 Å². The van der Waals surface area contributed by atoms with Crippen LogP contribution in [0.25, 0.3) is 6.08 Å². The molecule has 3 nitrogen and oxygen atoms in total. The molecule has 0 spiro atoms. The lowest BCUT2D eigenvalue weighted by Crippen LogP contribution is -2.41. The third-order valence-corrected chi connectivity index (χ3v) is 4.43. The number of hydrogen-bond acceptors (Lipinski definition) is 4. The van der Waals surface area contributed by atoms with E-state index in [0.717, 1.165) is 5.47 Å². The zero-order valence-corrected chi connectivity index (χ0v) is 13.6. The third-order valence-electron chi connectivity index (χ3n) is 4.06. The Balaban J connectivity index is 2.28. The molecule has 0 unspecified atom stereocenters. The highest BCUT2D eigenvalue weighted by Gasteiger charge is 2.52. The van der Waals surface area contributed by atoms with Gasteiger partial charge in [-0.25, -0.2) is 4.39 Å². The third kappa shape index (κ3) is 3.28. The summed E-state index contributed by atoms with van der Waals surface area (Å²) >= 11 is 4.32. The fourth-order valence-electron chi connectivity index (χ4n) is 2.02. The molecule has 1 N–H and O–H groups in total. The van der Waals surface area contributed by atoms with Crippen molar-refractivity contribution in [3.63, 3.8) is 0 Å². The molecule has 1 aliphatic rings. The molecule has 1 aliphatic heterocycles. The van der Waals surface area contributed by atoms with Gasteiger partial charge in [-0.1, -0.05) is 12.1 Å². The van der Waals surface area contributed by atoms with E-state index in [2.05, 4.69) is 12.6 Å². The summed E-state index contributed by atoms with van der Waals surface area (Å²) in [6, 6.07) is 4.18. The van der Waals surface area contributed by atoms with Gasteiger partial charge >= 0.3 is 7.12 Å². The zero-order valence-electron chi connectivity index (χ0n) is 12.7. The summed E-state index contributed by atoms with van der Waals surface area (Å²) in [7, 11) is -0.500. The number of aromatic hydroxyl groups is 1.